The van der Waals surface area contributed by atoms with Crippen molar-refractivity contribution in [3.63, 3.8) is 0 Å². The van der Waals surface area contributed by atoms with E-state index in [1.165, 1.54) is 11.1 Å². The van der Waals surface area contributed by atoms with E-state index in [2.05, 4.69) is 18.7 Å². The minimum atomic E-state index is 0.486. The minimum absolute atomic E-state index is 0.486. The van der Waals surface area contributed by atoms with Crippen LogP contribution in [0.2, 0.25) is 0 Å². The summed E-state index contributed by atoms with van der Waals surface area (Å²) in [4.78, 5) is 0. The Labute approximate surface area is 98.0 Å². The van der Waals surface area contributed by atoms with Crippen LogP contribution >= 0.6 is 0 Å². The highest BCUT2D eigenvalue weighted by molar-refractivity contribution is 5.65. The molecule has 2 aromatic rings. The third-order valence-electron chi connectivity index (χ3n) is 2.36. The molecule has 0 aliphatic rings. The zero-order valence-electron chi connectivity index (χ0n) is 10.1. The second-order valence-electron chi connectivity index (χ2n) is 3.49. The van der Waals surface area contributed by atoms with E-state index in [4.69, 9.17) is 1.37 Å². The molecule has 0 atom stereocenters. The number of allylic oxidation sites excluding steroid dienone is 2. The van der Waals surface area contributed by atoms with Gasteiger partial charge in [0.25, 0.3) is 0 Å². The van der Waals surface area contributed by atoms with Crippen molar-refractivity contribution in [2.45, 2.75) is 0 Å². The Kier molecular flexibility index (Phi) is 2.94. The van der Waals surface area contributed by atoms with E-state index in [0.29, 0.717) is 6.05 Å². The summed E-state index contributed by atoms with van der Waals surface area (Å²) in [6.07, 6.45) is 3.32. The molecule has 0 bridgehead atoms. The maximum absolute atomic E-state index is 7.78. The molecule has 0 saturated carbocycles. The lowest BCUT2D eigenvalue weighted by molar-refractivity contribution is 1.60. The molecule has 0 radical (unpaired) electrons. The van der Waals surface area contributed by atoms with Gasteiger partial charge in [-0.15, -0.1) is 0 Å². The van der Waals surface area contributed by atoms with E-state index >= 15 is 0 Å². The Morgan fingerprint density at radius 1 is 0.875 bits per heavy atom. The summed E-state index contributed by atoms with van der Waals surface area (Å²) in [7, 11) is 0. The van der Waals surface area contributed by atoms with E-state index < -0.39 is 0 Å². The van der Waals surface area contributed by atoms with E-state index in [1.807, 2.05) is 42.5 Å². The fourth-order valence-electron chi connectivity index (χ4n) is 1.54. The molecule has 78 valence electrons. The van der Waals surface area contributed by atoms with Crippen molar-refractivity contribution in [1.29, 1.82) is 0 Å². The van der Waals surface area contributed by atoms with Crippen molar-refractivity contribution in [3.05, 3.63) is 78.9 Å². The van der Waals surface area contributed by atoms with E-state index in [1.54, 1.807) is 12.2 Å². The topological polar surface area (TPSA) is 0 Å². The Morgan fingerprint density at radius 3 is 2.12 bits per heavy atom. The van der Waals surface area contributed by atoms with Crippen LogP contribution in [0.4, 0.5) is 0 Å². The first kappa shape index (κ1) is 9.17. The van der Waals surface area contributed by atoms with Crippen molar-refractivity contribution in [2.24, 2.45) is 0 Å². The van der Waals surface area contributed by atoms with Gasteiger partial charge in [0.1, 0.15) is 0 Å². The van der Waals surface area contributed by atoms with Crippen molar-refractivity contribution in [1.82, 2.24) is 0 Å². The van der Waals surface area contributed by atoms with Crippen molar-refractivity contribution in [2.75, 3.05) is 0 Å². The normalized spacial score (nSPS) is 12.0. The van der Waals surface area contributed by atoms with E-state index in [9.17, 15) is 0 Å². The van der Waals surface area contributed by atoms with Crippen molar-refractivity contribution < 1.29 is 1.37 Å². The van der Waals surface area contributed by atoms with Crippen LogP contribution in [0.25, 0.3) is 17.2 Å². The monoisotopic (exact) mass is 207 g/mol. The first-order valence-corrected chi connectivity index (χ1v) is 5.26. The Bertz CT molecular complexity index is 521. The van der Waals surface area contributed by atoms with Crippen LogP contribution in [0.3, 0.4) is 0 Å². The molecule has 0 heterocycles. The van der Waals surface area contributed by atoms with Gasteiger partial charge in [-0.2, -0.15) is 0 Å². The lowest BCUT2D eigenvalue weighted by Crippen LogP contribution is -1.77. The van der Waals surface area contributed by atoms with Crippen LogP contribution in [0, 0.1) is 0 Å². The van der Waals surface area contributed by atoms with Gasteiger partial charge in [-0.25, -0.2) is 0 Å². The first-order valence-electron chi connectivity index (χ1n) is 5.76. The van der Waals surface area contributed by atoms with Crippen LogP contribution < -0.4 is 0 Å². The SMILES string of the molecule is [2H]/C(=C\C=C)c1ccc(-c2ccccc2)cc1. The van der Waals surface area contributed by atoms with Gasteiger partial charge in [0.05, 0.1) is 1.37 Å². The second kappa shape index (κ2) is 5.13. The molecule has 0 heteroatoms. The largest absolute Gasteiger partial charge is 0.0991 e. The summed E-state index contributed by atoms with van der Waals surface area (Å²) in [5.74, 6) is 0. The second-order valence-corrected chi connectivity index (χ2v) is 3.49. The number of rotatable bonds is 3. The summed E-state index contributed by atoms with van der Waals surface area (Å²) in [6, 6.07) is 18.7. The summed E-state index contributed by atoms with van der Waals surface area (Å²) in [5.41, 5.74) is 3.27. The van der Waals surface area contributed by atoms with Crippen LogP contribution in [0.5, 0.6) is 0 Å². The van der Waals surface area contributed by atoms with Crippen LogP contribution in [0.1, 0.15) is 6.93 Å². The molecule has 0 saturated heterocycles. The molecule has 2 rings (SSSR count). The van der Waals surface area contributed by atoms with Gasteiger partial charge in [-0.3, -0.25) is 0 Å². The maximum atomic E-state index is 7.78. The molecule has 0 aliphatic heterocycles. The zero-order chi connectivity index (χ0) is 12.1. The fourth-order valence-corrected chi connectivity index (χ4v) is 1.54. The Hall–Kier alpha value is -2.08. The predicted octanol–water partition coefficient (Wildman–Crippen LogP) is 4.55. The van der Waals surface area contributed by atoms with E-state index in [-0.39, 0.29) is 0 Å². The van der Waals surface area contributed by atoms with Gasteiger partial charge in [-0.1, -0.05) is 79.4 Å². The average Bonchev–Trinajstić information content (AvgIpc) is 2.40. The Morgan fingerprint density at radius 2 is 1.50 bits per heavy atom. The molecule has 0 fully saturated rings. The molecular formula is C16H14. The predicted molar refractivity (Wildman–Crippen MR) is 71.1 cm³/mol. The Balaban J connectivity index is 2.31. The molecule has 0 aliphatic carbocycles. The van der Waals surface area contributed by atoms with Gasteiger partial charge in [0, 0.05) is 0 Å². The highest BCUT2D eigenvalue weighted by Gasteiger charge is 1.94. The molecule has 2 aromatic carbocycles. The summed E-state index contributed by atoms with van der Waals surface area (Å²) < 4.78 is 7.78. The zero-order valence-corrected chi connectivity index (χ0v) is 9.06. The van der Waals surface area contributed by atoms with Crippen molar-refractivity contribution >= 4 is 6.05 Å². The van der Waals surface area contributed by atoms with Crippen LogP contribution in [-0.2, 0) is 0 Å². The number of benzene rings is 2. The molecule has 0 unspecified atom stereocenters. The minimum Gasteiger partial charge on any atom is -0.0991 e. The standard InChI is InChI=1S/C16H14/c1-2-3-7-14-10-12-16(13-11-14)15-8-5-4-6-9-15/h2-13H,1H2/b7-3+/i7D. The first-order chi connectivity index (χ1) is 8.31. The number of hydrogen-bond acceptors (Lipinski definition) is 0. The van der Waals surface area contributed by atoms with Crippen LogP contribution in [0.15, 0.2) is 73.3 Å². The van der Waals surface area contributed by atoms with Gasteiger partial charge < -0.3 is 0 Å². The summed E-state index contributed by atoms with van der Waals surface area (Å²) >= 11 is 0. The van der Waals surface area contributed by atoms with Gasteiger partial charge in [-0.05, 0) is 16.7 Å². The van der Waals surface area contributed by atoms with E-state index in [0.717, 1.165) is 5.56 Å². The summed E-state index contributed by atoms with van der Waals surface area (Å²) in [5, 5.41) is 0. The highest BCUT2D eigenvalue weighted by atomic mass is 14.0. The molecule has 0 aromatic heterocycles. The molecule has 0 N–H and O–H groups in total. The fraction of sp³-hybridized carbons (Fsp3) is 0. The third-order valence-corrected chi connectivity index (χ3v) is 2.36. The molecule has 0 nitrogen and oxygen atoms in total. The van der Waals surface area contributed by atoms with Gasteiger partial charge in [0.15, 0.2) is 0 Å². The quantitative estimate of drug-likeness (QED) is 0.647. The molecule has 16 heavy (non-hydrogen) atoms. The number of hydrogen-bond donors (Lipinski definition) is 0. The lowest BCUT2D eigenvalue weighted by Gasteiger charge is -2.01. The van der Waals surface area contributed by atoms with Gasteiger partial charge in [0.2, 0.25) is 0 Å². The summed E-state index contributed by atoms with van der Waals surface area (Å²) in [6.45, 7) is 3.59. The molecular weight excluding hydrogens is 192 g/mol. The van der Waals surface area contributed by atoms with Gasteiger partial charge >= 0.3 is 0 Å². The lowest BCUT2D eigenvalue weighted by atomic mass is 10.0. The average molecular weight is 207 g/mol. The van der Waals surface area contributed by atoms with Crippen LogP contribution in [-0.4, -0.2) is 0 Å². The molecule has 0 spiro atoms. The smallest absolute Gasteiger partial charge is 0.0629 e. The maximum Gasteiger partial charge on any atom is 0.0629 e. The van der Waals surface area contributed by atoms with Crippen molar-refractivity contribution in [3.8, 4) is 11.1 Å². The molecule has 0 amide bonds. The third kappa shape index (κ3) is 2.48. The highest BCUT2D eigenvalue weighted by Crippen LogP contribution is 2.19.